The van der Waals surface area contributed by atoms with Gasteiger partial charge in [0.15, 0.2) is 5.65 Å². The molecular weight excluding hydrogens is 263 g/mol. The number of thiophene rings is 1. The van der Waals surface area contributed by atoms with Gasteiger partial charge in [-0.1, -0.05) is 0 Å². The summed E-state index contributed by atoms with van der Waals surface area (Å²) < 4.78 is 14.5. The van der Waals surface area contributed by atoms with Crippen molar-refractivity contribution in [1.29, 1.82) is 0 Å². The van der Waals surface area contributed by atoms with Gasteiger partial charge in [0.25, 0.3) is 0 Å². The smallest absolute Gasteiger partial charge is 0.243 e. The van der Waals surface area contributed by atoms with Crippen LogP contribution in [0.1, 0.15) is 15.3 Å². The van der Waals surface area contributed by atoms with E-state index in [0.717, 1.165) is 0 Å². The summed E-state index contributed by atoms with van der Waals surface area (Å²) in [6.45, 7) is 4.88. The highest BCUT2D eigenvalue weighted by atomic mass is 32.1. The normalized spacial score (nSPS) is 11.1. The molecule has 0 aliphatic heterocycles. The molecule has 19 heavy (non-hydrogen) atoms. The van der Waals surface area contributed by atoms with Gasteiger partial charge in [0.2, 0.25) is 5.95 Å². The number of fused-ring (bicyclic) bond motifs is 1. The zero-order valence-corrected chi connectivity index (χ0v) is 11.5. The molecule has 4 nitrogen and oxygen atoms in total. The number of hydrogen-bond donors (Lipinski definition) is 1. The fraction of sp³-hybridized carbons (Fsp3) is 0.231. The van der Waals surface area contributed by atoms with Crippen molar-refractivity contribution in [2.75, 3.05) is 5.32 Å². The minimum atomic E-state index is -0.326. The van der Waals surface area contributed by atoms with Crippen LogP contribution in [-0.2, 0) is 6.54 Å². The number of halogens is 1. The summed E-state index contributed by atoms with van der Waals surface area (Å²) in [6.07, 6.45) is 1.31. The Morgan fingerprint density at radius 1 is 1.37 bits per heavy atom. The van der Waals surface area contributed by atoms with Gasteiger partial charge >= 0.3 is 0 Å². The minimum absolute atomic E-state index is 0.326. The molecule has 0 aliphatic carbocycles. The molecule has 0 bridgehead atoms. The van der Waals surface area contributed by atoms with E-state index in [9.17, 15) is 4.39 Å². The zero-order chi connectivity index (χ0) is 13.4. The first-order valence-corrected chi connectivity index (χ1v) is 6.75. The molecule has 1 N–H and O–H groups in total. The van der Waals surface area contributed by atoms with Crippen LogP contribution in [0.3, 0.4) is 0 Å². The van der Waals surface area contributed by atoms with Gasteiger partial charge in [-0.2, -0.15) is 4.98 Å². The van der Waals surface area contributed by atoms with Crippen molar-refractivity contribution < 1.29 is 4.39 Å². The van der Waals surface area contributed by atoms with E-state index in [1.807, 2.05) is 0 Å². The molecule has 0 radical (unpaired) electrons. The lowest BCUT2D eigenvalue weighted by Crippen LogP contribution is -1.99. The molecule has 0 saturated carbocycles. The second-order valence-electron chi connectivity index (χ2n) is 4.39. The Hall–Kier alpha value is -1.95. The summed E-state index contributed by atoms with van der Waals surface area (Å²) in [7, 11) is 0. The standard InChI is InChI=1S/C13H13FN4S/c1-8-5-11(19-9(8)2)6-15-13-16-12-4-3-10(14)7-18(12)17-13/h3-5,7H,6H2,1-2H3,(H,15,17). The van der Waals surface area contributed by atoms with Crippen LogP contribution in [-0.4, -0.2) is 14.6 Å². The molecule has 3 rings (SSSR count). The van der Waals surface area contributed by atoms with Crippen LogP contribution < -0.4 is 5.32 Å². The molecule has 3 aromatic rings. The third-order valence-corrected chi connectivity index (χ3v) is 4.09. The van der Waals surface area contributed by atoms with E-state index in [2.05, 4.69) is 35.3 Å². The number of nitrogens with zero attached hydrogens (tertiary/aromatic N) is 3. The van der Waals surface area contributed by atoms with Gasteiger partial charge in [0.1, 0.15) is 5.82 Å². The summed E-state index contributed by atoms with van der Waals surface area (Å²) in [5, 5.41) is 7.33. The largest absolute Gasteiger partial charge is 0.348 e. The molecule has 0 atom stereocenters. The van der Waals surface area contributed by atoms with Crippen molar-refractivity contribution in [1.82, 2.24) is 14.6 Å². The maximum atomic E-state index is 13.0. The number of aryl methyl sites for hydroxylation is 2. The molecule has 6 heteroatoms. The highest BCUT2D eigenvalue weighted by Crippen LogP contribution is 2.21. The van der Waals surface area contributed by atoms with Gasteiger partial charge < -0.3 is 5.32 Å². The lowest BCUT2D eigenvalue weighted by atomic mass is 10.3. The van der Waals surface area contributed by atoms with Crippen LogP contribution in [0.15, 0.2) is 24.4 Å². The first kappa shape index (κ1) is 12.1. The van der Waals surface area contributed by atoms with Crippen molar-refractivity contribution in [3.63, 3.8) is 0 Å². The summed E-state index contributed by atoms with van der Waals surface area (Å²) in [4.78, 5) is 6.83. The molecule has 0 amide bonds. The minimum Gasteiger partial charge on any atom is -0.348 e. The molecule has 0 unspecified atom stereocenters. The number of aromatic nitrogens is 3. The summed E-state index contributed by atoms with van der Waals surface area (Å²) in [5.41, 5.74) is 1.93. The molecule has 0 aliphatic rings. The third-order valence-electron chi connectivity index (χ3n) is 2.93. The van der Waals surface area contributed by atoms with Crippen LogP contribution in [0.2, 0.25) is 0 Å². The fourth-order valence-corrected chi connectivity index (χ4v) is 2.83. The summed E-state index contributed by atoms with van der Waals surface area (Å²) in [5.74, 6) is 0.183. The Balaban J connectivity index is 1.78. The third kappa shape index (κ3) is 2.44. The average Bonchev–Trinajstić information content (AvgIpc) is 2.90. The van der Waals surface area contributed by atoms with Crippen LogP contribution in [0.4, 0.5) is 10.3 Å². The van der Waals surface area contributed by atoms with Gasteiger partial charge in [-0.05, 0) is 37.6 Å². The van der Waals surface area contributed by atoms with Gasteiger partial charge in [0, 0.05) is 9.75 Å². The second-order valence-corrected chi connectivity index (χ2v) is 5.73. The van der Waals surface area contributed by atoms with E-state index >= 15 is 0 Å². The predicted molar refractivity (Wildman–Crippen MR) is 74.1 cm³/mol. The molecule has 0 saturated heterocycles. The molecule has 98 valence electrons. The SMILES string of the molecule is Cc1cc(CNc2nc3ccc(F)cn3n2)sc1C. The van der Waals surface area contributed by atoms with Gasteiger partial charge in [-0.3, -0.25) is 0 Å². The topological polar surface area (TPSA) is 42.2 Å². The van der Waals surface area contributed by atoms with Gasteiger partial charge in [-0.25, -0.2) is 8.91 Å². The molecule has 0 aromatic carbocycles. The van der Waals surface area contributed by atoms with E-state index in [-0.39, 0.29) is 5.82 Å². The van der Waals surface area contributed by atoms with E-state index in [1.165, 1.54) is 32.1 Å². The molecule has 3 aromatic heterocycles. The molecule has 0 fully saturated rings. The first-order chi connectivity index (χ1) is 9.11. The van der Waals surface area contributed by atoms with Crippen molar-refractivity contribution >= 4 is 22.9 Å². The summed E-state index contributed by atoms with van der Waals surface area (Å²) in [6, 6.07) is 5.13. The zero-order valence-electron chi connectivity index (χ0n) is 10.6. The van der Waals surface area contributed by atoms with Gasteiger partial charge in [0.05, 0.1) is 12.7 Å². The van der Waals surface area contributed by atoms with E-state index < -0.39 is 0 Å². The van der Waals surface area contributed by atoms with Crippen molar-refractivity contribution in [2.45, 2.75) is 20.4 Å². The highest BCUT2D eigenvalue weighted by molar-refractivity contribution is 7.12. The van der Waals surface area contributed by atoms with Crippen molar-refractivity contribution in [3.8, 4) is 0 Å². The Labute approximate surface area is 113 Å². The highest BCUT2D eigenvalue weighted by Gasteiger charge is 2.05. The van der Waals surface area contributed by atoms with Crippen LogP contribution in [0.25, 0.3) is 5.65 Å². The van der Waals surface area contributed by atoms with Gasteiger partial charge in [-0.15, -0.1) is 16.4 Å². The fourth-order valence-electron chi connectivity index (χ4n) is 1.84. The second kappa shape index (κ2) is 4.62. The van der Waals surface area contributed by atoms with Crippen molar-refractivity contribution in [2.24, 2.45) is 0 Å². The Morgan fingerprint density at radius 3 is 2.95 bits per heavy atom. The first-order valence-electron chi connectivity index (χ1n) is 5.93. The summed E-state index contributed by atoms with van der Waals surface area (Å²) >= 11 is 1.76. The number of nitrogens with one attached hydrogen (secondary N) is 1. The van der Waals surface area contributed by atoms with Crippen LogP contribution >= 0.6 is 11.3 Å². The van der Waals surface area contributed by atoms with Crippen molar-refractivity contribution in [3.05, 3.63) is 45.5 Å². The van der Waals surface area contributed by atoms with E-state index in [1.54, 1.807) is 17.4 Å². The quantitative estimate of drug-likeness (QED) is 0.799. The molecule has 0 spiro atoms. The monoisotopic (exact) mass is 276 g/mol. The average molecular weight is 276 g/mol. The van der Waals surface area contributed by atoms with Crippen LogP contribution in [0.5, 0.6) is 0 Å². The Bertz CT molecular complexity index is 712. The molecule has 3 heterocycles. The number of anilines is 1. The maximum Gasteiger partial charge on any atom is 0.243 e. The number of pyridine rings is 1. The number of rotatable bonds is 3. The maximum absolute atomic E-state index is 13.0. The lowest BCUT2D eigenvalue weighted by molar-refractivity contribution is 0.615. The predicted octanol–water partition coefficient (Wildman–Crippen LogP) is 3.16. The van der Waals surface area contributed by atoms with Crippen LogP contribution in [0, 0.1) is 19.7 Å². The number of hydrogen-bond acceptors (Lipinski definition) is 4. The van der Waals surface area contributed by atoms with E-state index in [0.29, 0.717) is 18.1 Å². The van der Waals surface area contributed by atoms with E-state index in [4.69, 9.17) is 0 Å². The Morgan fingerprint density at radius 2 is 2.21 bits per heavy atom. The molecular formula is C13H13FN4S. The lowest BCUT2D eigenvalue weighted by Gasteiger charge is -1.97. The Kier molecular flexibility index (Phi) is 2.94.